The number of rotatable bonds is 6. The number of Topliss-reactive ketones (excluding diaryl/α,β-unsaturated/α-hetero) is 1. The van der Waals surface area contributed by atoms with Gasteiger partial charge >= 0.3 is 5.97 Å². The summed E-state index contributed by atoms with van der Waals surface area (Å²) in [6, 6.07) is 17.8. The van der Waals surface area contributed by atoms with Crippen LogP contribution in [0.15, 0.2) is 60.2 Å². The van der Waals surface area contributed by atoms with Crippen LogP contribution in [0.3, 0.4) is 0 Å². The summed E-state index contributed by atoms with van der Waals surface area (Å²) in [4.78, 5) is 25.9. The van der Waals surface area contributed by atoms with Gasteiger partial charge in [-0.3, -0.25) is 9.59 Å². The van der Waals surface area contributed by atoms with E-state index in [1.54, 1.807) is 13.2 Å². The Morgan fingerprint density at radius 3 is 2.64 bits per heavy atom. The lowest BCUT2D eigenvalue weighted by atomic mass is 9.68. The van der Waals surface area contributed by atoms with E-state index in [0.717, 1.165) is 58.0 Å². The fourth-order valence-corrected chi connectivity index (χ4v) is 5.53. The van der Waals surface area contributed by atoms with Crippen molar-refractivity contribution in [1.82, 2.24) is 0 Å². The van der Waals surface area contributed by atoms with Crippen molar-refractivity contribution in [3.05, 3.63) is 71.3 Å². The third-order valence-corrected chi connectivity index (χ3v) is 7.22. The molecule has 0 bridgehead atoms. The normalized spacial score (nSPS) is 18.3. The summed E-state index contributed by atoms with van der Waals surface area (Å²) in [5.74, 6) is 0.782. The van der Waals surface area contributed by atoms with E-state index >= 15 is 0 Å². The van der Waals surface area contributed by atoms with Crippen molar-refractivity contribution in [2.45, 2.75) is 58.9 Å². The molecule has 0 saturated heterocycles. The molecule has 2 aliphatic rings. The molecule has 5 rings (SSSR count). The monoisotopic (exact) mass is 483 g/mol. The maximum absolute atomic E-state index is 13.6. The van der Waals surface area contributed by atoms with Crippen LogP contribution in [0.1, 0.15) is 70.0 Å². The molecule has 5 nitrogen and oxygen atoms in total. The smallest absolute Gasteiger partial charge is 0.311 e. The van der Waals surface area contributed by atoms with E-state index in [0.29, 0.717) is 24.3 Å². The highest BCUT2D eigenvalue weighted by Crippen LogP contribution is 2.52. The fraction of sp³-hybridized carbons (Fsp3) is 0.355. The molecule has 36 heavy (non-hydrogen) atoms. The van der Waals surface area contributed by atoms with E-state index in [-0.39, 0.29) is 23.2 Å². The standard InChI is InChI=1S/C31H33NO4/c1-5-6-11-27(34)36-25-15-13-20(16-26(25)35-4)30-29-22(17-31(2,3)18-24(29)33)28-21-10-8-7-9-19(21)12-14-23(28)32-30/h7-10,12-16,30,32H,5-6,11,17-18H2,1-4H3. The number of fused-ring (bicyclic) bond motifs is 4. The van der Waals surface area contributed by atoms with Crippen molar-refractivity contribution in [3.63, 3.8) is 0 Å². The summed E-state index contributed by atoms with van der Waals surface area (Å²) in [6.45, 7) is 6.37. The predicted molar refractivity (Wildman–Crippen MR) is 143 cm³/mol. The maximum Gasteiger partial charge on any atom is 0.311 e. The minimum Gasteiger partial charge on any atom is -0.493 e. The Balaban J connectivity index is 1.61. The number of nitrogens with one attached hydrogen (secondary N) is 1. The van der Waals surface area contributed by atoms with Crippen LogP contribution in [-0.2, 0) is 9.59 Å². The number of anilines is 1. The predicted octanol–water partition coefficient (Wildman–Crippen LogP) is 7.25. The zero-order valence-corrected chi connectivity index (χ0v) is 21.4. The van der Waals surface area contributed by atoms with Gasteiger partial charge in [0.25, 0.3) is 0 Å². The zero-order valence-electron chi connectivity index (χ0n) is 21.4. The molecule has 0 amide bonds. The van der Waals surface area contributed by atoms with E-state index < -0.39 is 0 Å². The molecule has 1 unspecified atom stereocenters. The van der Waals surface area contributed by atoms with Gasteiger partial charge in [0.15, 0.2) is 17.3 Å². The van der Waals surface area contributed by atoms with Gasteiger partial charge in [0.1, 0.15) is 0 Å². The van der Waals surface area contributed by atoms with Crippen LogP contribution >= 0.6 is 0 Å². The topological polar surface area (TPSA) is 64.6 Å². The number of hydrogen-bond acceptors (Lipinski definition) is 5. The number of esters is 1. The summed E-state index contributed by atoms with van der Waals surface area (Å²) in [5.41, 5.74) is 4.90. The second-order valence-electron chi connectivity index (χ2n) is 10.6. The lowest BCUT2D eigenvalue weighted by Gasteiger charge is -2.40. The summed E-state index contributed by atoms with van der Waals surface area (Å²) >= 11 is 0. The van der Waals surface area contributed by atoms with Crippen molar-refractivity contribution in [2.75, 3.05) is 12.4 Å². The number of hydrogen-bond donors (Lipinski definition) is 1. The van der Waals surface area contributed by atoms with Crippen molar-refractivity contribution in [3.8, 4) is 11.5 Å². The van der Waals surface area contributed by atoms with Crippen molar-refractivity contribution in [1.29, 1.82) is 0 Å². The van der Waals surface area contributed by atoms with Gasteiger partial charge < -0.3 is 14.8 Å². The minimum atomic E-state index is -0.309. The summed E-state index contributed by atoms with van der Waals surface area (Å²) in [6.07, 6.45) is 3.43. The summed E-state index contributed by atoms with van der Waals surface area (Å²) < 4.78 is 11.2. The quantitative estimate of drug-likeness (QED) is 0.295. The minimum absolute atomic E-state index is 0.111. The van der Waals surface area contributed by atoms with Crippen LogP contribution in [0.25, 0.3) is 16.3 Å². The molecule has 1 aliphatic carbocycles. The Labute approximate surface area is 212 Å². The lowest BCUT2D eigenvalue weighted by molar-refractivity contribution is -0.134. The molecular weight excluding hydrogens is 450 g/mol. The second kappa shape index (κ2) is 9.45. The van der Waals surface area contributed by atoms with Gasteiger partial charge in [0.05, 0.1) is 13.2 Å². The van der Waals surface area contributed by atoms with Gasteiger partial charge in [0, 0.05) is 29.7 Å². The van der Waals surface area contributed by atoms with Crippen LogP contribution in [0, 0.1) is 5.41 Å². The molecule has 1 atom stereocenters. The first-order chi connectivity index (χ1) is 17.3. The van der Waals surface area contributed by atoms with Gasteiger partial charge in [-0.15, -0.1) is 0 Å². The number of benzene rings is 3. The second-order valence-corrected chi connectivity index (χ2v) is 10.6. The maximum atomic E-state index is 13.6. The van der Waals surface area contributed by atoms with Crippen LogP contribution < -0.4 is 14.8 Å². The molecular formula is C31H33NO4. The first-order valence-electron chi connectivity index (χ1n) is 12.7. The van der Waals surface area contributed by atoms with Crippen LogP contribution in [0.2, 0.25) is 0 Å². The lowest BCUT2D eigenvalue weighted by Crippen LogP contribution is -2.33. The highest BCUT2D eigenvalue weighted by Gasteiger charge is 2.41. The molecule has 1 aliphatic heterocycles. The molecule has 0 aromatic heterocycles. The van der Waals surface area contributed by atoms with E-state index in [1.807, 2.05) is 25.1 Å². The Kier molecular flexibility index (Phi) is 6.33. The third-order valence-electron chi connectivity index (χ3n) is 7.22. The van der Waals surface area contributed by atoms with E-state index in [2.05, 4.69) is 49.5 Å². The number of allylic oxidation sites excluding steroid dienone is 1. The Morgan fingerprint density at radius 2 is 1.86 bits per heavy atom. The molecule has 0 spiro atoms. The number of carbonyl (C=O) groups excluding carboxylic acids is 2. The van der Waals surface area contributed by atoms with E-state index in [9.17, 15) is 9.59 Å². The molecule has 0 fully saturated rings. The Bertz CT molecular complexity index is 1380. The highest BCUT2D eigenvalue weighted by atomic mass is 16.6. The number of ether oxygens (including phenoxy) is 2. The molecule has 0 radical (unpaired) electrons. The SMILES string of the molecule is CCCCC(=O)Oc1ccc(C2Nc3ccc4ccccc4c3C3=C2C(=O)CC(C)(C)C3)cc1OC. The van der Waals surface area contributed by atoms with E-state index in [4.69, 9.17) is 9.47 Å². The largest absolute Gasteiger partial charge is 0.493 e. The average Bonchev–Trinajstić information content (AvgIpc) is 2.86. The van der Waals surface area contributed by atoms with Gasteiger partial charge in [0.2, 0.25) is 0 Å². The number of ketones is 1. The zero-order chi connectivity index (χ0) is 25.4. The molecule has 186 valence electrons. The van der Waals surface area contributed by atoms with Crippen molar-refractivity contribution >= 4 is 33.8 Å². The summed E-state index contributed by atoms with van der Waals surface area (Å²) in [7, 11) is 1.57. The van der Waals surface area contributed by atoms with Crippen molar-refractivity contribution < 1.29 is 19.1 Å². The fourth-order valence-electron chi connectivity index (χ4n) is 5.53. The van der Waals surface area contributed by atoms with Gasteiger partial charge in [-0.2, -0.15) is 0 Å². The van der Waals surface area contributed by atoms with Gasteiger partial charge in [-0.25, -0.2) is 0 Å². The van der Waals surface area contributed by atoms with Crippen molar-refractivity contribution in [2.24, 2.45) is 5.41 Å². The van der Waals surface area contributed by atoms with Crippen LogP contribution in [0.4, 0.5) is 5.69 Å². The first-order valence-corrected chi connectivity index (χ1v) is 12.7. The molecule has 0 saturated carbocycles. The number of carbonyl (C=O) groups is 2. The third kappa shape index (κ3) is 4.39. The van der Waals surface area contributed by atoms with E-state index in [1.165, 1.54) is 0 Å². The average molecular weight is 484 g/mol. The molecule has 3 aromatic rings. The Hall–Kier alpha value is -3.60. The molecule has 3 aromatic carbocycles. The number of unbranched alkanes of at least 4 members (excludes halogenated alkanes) is 1. The highest BCUT2D eigenvalue weighted by molar-refractivity contribution is 6.12. The molecule has 1 N–H and O–H groups in total. The molecule has 5 heteroatoms. The van der Waals surface area contributed by atoms with Crippen LogP contribution in [0.5, 0.6) is 11.5 Å². The first kappa shape index (κ1) is 24.1. The van der Waals surface area contributed by atoms with Crippen LogP contribution in [-0.4, -0.2) is 18.9 Å². The molecule has 1 heterocycles. The van der Waals surface area contributed by atoms with Gasteiger partial charge in [-0.05, 0) is 58.4 Å². The number of methoxy groups -OCH3 is 1. The van der Waals surface area contributed by atoms with Gasteiger partial charge in [-0.1, -0.05) is 63.6 Å². The summed E-state index contributed by atoms with van der Waals surface area (Å²) in [5, 5.41) is 5.98. The Morgan fingerprint density at radius 1 is 1.06 bits per heavy atom.